The lowest BCUT2D eigenvalue weighted by Crippen LogP contribution is -2.20. The Morgan fingerprint density at radius 1 is 0.867 bits per heavy atom. The van der Waals surface area contributed by atoms with Gasteiger partial charge in [0.15, 0.2) is 0 Å². The molecular formula is C13H26Cl2. The highest BCUT2D eigenvalue weighted by atomic mass is 35.5. The van der Waals surface area contributed by atoms with Gasteiger partial charge in [0, 0.05) is 0 Å². The highest BCUT2D eigenvalue weighted by Crippen LogP contribution is 2.35. The summed E-state index contributed by atoms with van der Waals surface area (Å²) in [6.07, 6.45) is 10.2. The van der Waals surface area contributed by atoms with Gasteiger partial charge in [-0.25, -0.2) is 0 Å². The summed E-state index contributed by atoms with van der Waals surface area (Å²) in [5, 5.41) is 0. The predicted molar refractivity (Wildman–Crippen MR) is 71.9 cm³/mol. The van der Waals surface area contributed by atoms with Crippen LogP contribution < -0.4 is 0 Å². The van der Waals surface area contributed by atoms with Crippen molar-refractivity contribution in [3.63, 3.8) is 0 Å². The average molecular weight is 253 g/mol. The molecule has 0 saturated heterocycles. The molecule has 0 bridgehead atoms. The zero-order chi connectivity index (χ0) is 11.7. The van der Waals surface area contributed by atoms with Crippen LogP contribution in [0, 0.1) is 5.92 Å². The fourth-order valence-electron chi connectivity index (χ4n) is 1.61. The zero-order valence-electron chi connectivity index (χ0n) is 10.5. The van der Waals surface area contributed by atoms with Crippen molar-refractivity contribution in [2.45, 2.75) is 76.5 Å². The van der Waals surface area contributed by atoms with Crippen LogP contribution in [0.3, 0.4) is 0 Å². The van der Waals surface area contributed by atoms with Crippen molar-refractivity contribution < 1.29 is 0 Å². The van der Waals surface area contributed by atoms with E-state index < -0.39 is 4.33 Å². The van der Waals surface area contributed by atoms with Gasteiger partial charge in [-0.15, -0.1) is 23.2 Å². The van der Waals surface area contributed by atoms with E-state index in [9.17, 15) is 0 Å². The number of halogens is 2. The molecule has 0 N–H and O–H groups in total. The quantitative estimate of drug-likeness (QED) is 0.351. The summed E-state index contributed by atoms with van der Waals surface area (Å²) in [6.45, 7) is 6.42. The number of unbranched alkanes of at least 4 members (excludes halogenated alkanes) is 6. The molecule has 0 aliphatic carbocycles. The van der Waals surface area contributed by atoms with Crippen LogP contribution in [-0.2, 0) is 0 Å². The molecule has 0 spiro atoms. The Labute approximate surface area is 106 Å². The Morgan fingerprint density at radius 2 is 1.33 bits per heavy atom. The Balaban J connectivity index is 3.31. The fourth-order valence-corrected chi connectivity index (χ4v) is 1.87. The lowest BCUT2D eigenvalue weighted by Gasteiger charge is -2.23. The Hall–Kier alpha value is 0.580. The monoisotopic (exact) mass is 252 g/mol. The van der Waals surface area contributed by atoms with Crippen LogP contribution in [0.15, 0.2) is 0 Å². The van der Waals surface area contributed by atoms with Gasteiger partial charge in [-0.05, 0) is 12.3 Å². The summed E-state index contributed by atoms with van der Waals surface area (Å²) in [7, 11) is 0. The van der Waals surface area contributed by atoms with Gasteiger partial charge in [0.1, 0.15) is 4.33 Å². The first-order chi connectivity index (χ1) is 7.00. The maximum Gasteiger partial charge on any atom is 0.120 e. The third kappa shape index (κ3) is 8.39. The van der Waals surface area contributed by atoms with Crippen LogP contribution in [0.25, 0.3) is 0 Å². The largest absolute Gasteiger partial charge is 0.120 e. The first-order valence-electron chi connectivity index (χ1n) is 6.38. The Morgan fingerprint density at radius 3 is 1.80 bits per heavy atom. The topological polar surface area (TPSA) is 0 Å². The summed E-state index contributed by atoms with van der Waals surface area (Å²) in [4.78, 5) is 0. The SMILES string of the molecule is CCCCCCCCCC(Cl)(Cl)C(C)C. The van der Waals surface area contributed by atoms with Crippen molar-refractivity contribution in [2.24, 2.45) is 5.92 Å². The minimum Gasteiger partial charge on any atom is -0.101 e. The van der Waals surface area contributed by atoms with Gasteiger partial charge in [0.25, 0.3) is 0 Å². The second-order valence-electron chi connectivity index (χ2n) is 4.79. The van der Waals surface area contributed by atoms with Crippen LogP contribution in [0.2, 0.25) is 0 Å². The van der Waals surface area contributed by atoms with Gasteiger partial charge >= 0.3 is 0 Å². The van der Waals surface area contributed by atoms with Gasteiger partial charge in [-0.3, -0.25) is 0 Å². The lowest BCUT2D eigenvalue weighted by atomic mass is 10.0. The molecule has 0 unspecified atom stereocenters. The molecule has 0 amide bonds. The number of hydrogen-bond donors (Lipinski definition) is 0. The van der Waals surface area contributed by atoms with E-state index in [4.69, 9.17) is 23.2 Å². The molecule has 0 fully saturated rings. The second-order valence-corrected chi connectivity index (χ2v) is 6.33. The molecule has 0 atom stereocenters. The second kappa shape index (κ2) is 8.70. The standard InChI is InChI=1S/C13H26Cl2/c1-4-5-6-7-8-9-10-11-13(14,15)12(2)3/h12H,4-11H2,1-3H3. The summed E-state index contributed by atoms with van der Waals surface area (Å²) in [6, 6.07) is 0. The van der Waals surface area contributed by atoms with E-state index in [0.717, 1.165) is 12.8 Å². The molecule has 0 nitrogen and oxygen atoms in total. The molecule has 2 heteroatoms. The van der Waals surface area contributed by atoms with Crippen LogP contribution in [-0.4, -0.2) is 4.33 Å². The first kappa shape index (κ1) is 15.6. The van der Waals surface area contributed by atoms with Crippen molar-refractivity contribution in [2.75, 3.05) is 0 Å². The van der Waals surface area contributed by atoms with Gasteiger partial charge in [-0.2, -0.15) is 0 Å². The molecule has 0 aliphatic rings. The maximum atomic E-state index is 6.20. The van der Waals surface area contributed by atoms with E-state index in [1.54, 1.807) is 0 Å². The van der Waals surface area contributed by atoms with E-state index >= 15 is 0 Å². The van der Waals surface area contributed by atoms with E-state index in [-0.39, 0.29) is 0 Å². The van der Waals surface area contributed by atoms with Gasteiger partial charge < -0.3 is 0 Å². The van der Waals surface area contributed by atoms with Crippen LogP contribution >= 0.6 is 23.2 Å². The smallest absolute Gasteiger partial charge is 0.101 e. The molecule has 0 aromatic carbocycles. The summed E-state index contributed by atoms with van der Waals surface area (Å²) >= 11 is 12.4. The Bertz CT molecular complexity index is 141. The van der Waals surface area contributed by atoms with Crippen molar-refractivity contribution in [3.05, 3.63) is 0 Å². The minimum absolute atomic E-state index is 0.348. The molecule has 15 heavy (non-hydrogen) atoms. The molecule has 0 aromatic rings. The highest BCUT2D eigenvalue weighted by molar-refractivity contribution is 6.48. The first-order valence-corrected chi connectivity index (χ1v) is 7.14. The molecule has 0 heterocycles. The van der Waals surface area contributed by atoms with E-state index in [0.29, 0.717) is 5.92 Å². The van der Waals surface area contributed by atoms with Crippen LogP contribution in [0.4, 0.5) is 0 Å². The molecule has 0 radical (unpaired) electrons. The summed E-state index contributed by atoms with van der Waals surface area (Å²) in [5.41, 5.74) is 0. The normalized spacial score (nSPS) is 12.4. The molecule has 0 saturated carbocycles. The maximum absolute atomic E-state index is 6.20. The molecular weight excluding hydrogens is 227 g/mol. The third-order valence-electron chi connectivity index (χ3n) is 2.96. The van der Waals surface area contributed by atoms with E-state index in [2.05, 4.69) is 20.8 Å². The van der Waals surface area contributed by atoms with Gasteiger partial charge in [0.2, 0.25) is 0 Å². The average Bonchev–Trinajstić information content (AvgIpc) is 2.16. The summed E-state index contributed by atoms with van der Waals surface area (Å²) < 4.78 is -0.510. The fraction of sp³-hybridized carbons (Fsp3) is 1.00. The van der Waals surface area contributed by atoms with Crippen LogP contribution in [0.1, 0.15) is 72.1 Å². The number of hydrogen-bond acceptors (Lipinski definition) is 0. The zero-order valence-corrected chi connectivity index (χ0v) is 12.0. The van der Waals surface area contributed by atoms with Crippen molar-refractivity contribution in [1.29, 1.82) is 0 Å². The minimum atomic E-state index is -0.510. The molecule has 92 valence electrons. The van der Waals surface area contributed by atoms with Crippen molar-refractivity contribution in [3.8, 4) is 0 Å². The number of alkyl halides is 2. The predicted octanol–water partition coefficient (Wildman–Crippen LogP) is 5.96. The van der Waals surface area contributed by atoms with Crippen molar-refractivity contribution >= 4 is 23.2 Å². The number of rotatable bonds is 9. The Kier molecular flexibility index (Phi) is 9.04. The third-order valence-corrected chi connectivity index (χ3v) is 4.21. The molecule has 0 aromatic heterocycles. The molecule has 0 aliphatic heterocycles. The van der Waals surface area contributed by atoms with Crippen molar-refractivity contribution in [1.82, 2.24) is 0 Å². The van der Waals surface area contributed by atoms with E-state index in [1.165, 1.54) is 38.5 Å². The van der Waals surface area contributed by atoms with Crippen LogP contribution in [0.5, 0.6) is 0 Å². The lowest BCUT2D eigenvalue weighted by molar-refractivity contribution is 0.481. The molecule has 0 rings (SSSR count). The van der Waals surface area contributed by atoms with E-state index in [1.807, 2.05) is 0 Å². The highest BCUT2D eigenvalue weighted by Gasteiger charge is 2.27. The van der Waals surface area contributed by atoms with Gasteiger partial charge in [0.05, 0.1) is 0 Å². The van der Waals surface area contributed by atoms with Gasteiger partial charge in [-0.1, -0.05) is 65.7 Å². The summed E-state index contributed by atoms with van der Waals surface area (Å²) in [5.74, 6) is 0.348.